The van der Waals surface area contributed by atoms with E-state index in [4.69, 9.17) is 9.47 Å². The first-order valence-electron chi connectivity index (χ1n) is 6.66. The van der Waals surface area contributed by atoms with Crippen molar-refractivity contribution in [2.24, 2.45) is 5.92 Å². The minimum absolute atomic E-state index is 0.00409. The van der Waals surface area contributed by atoms with Crippen LogP contribution in [0.5, 0.6) is 11.5 Å². The molecule has 0 radical (unpaired) electrons. The van der Waals surface area contributed by atoms with Gasteiger partial charge in [-0.05, 0) is 46.8 Å². The van der Waals surface area contributed by atoms with Crippen LogP contribution in [0.2, 0.25) is 0 Å². The van der Waals surface area contributed by atoms with E-state index in [1.54, 1.807) is 19.2 Å². The first-order valence-corrected chi connectivity index (χ1v) is 9.28. The highest BCUT2D eigenvalue weighted by molar-refractivity contribution is 9.10. The Balaban J connectivity index is 2.19. The molecule has 0 amide bonds. The van der Waals surface area contributed by atoms with Gasteiger partial charge in [-0.15, -0.1) is 0 Å². The van der Waals surface area contributed by atoms with Crippen LogP contribution in [-0.2, 0) is 9.84 Å². The highest BCUT2D eigenvalue weighted by atomic mass is 79.9. The summed E-state index contributed by atoms with van der Waals surface area (Å²) in [6, 6.07) is 3.49. The van der Waals surface area contributed by atoms with Gasteiger partial charge >= 0.3 is 0 Å². The average molecular weight is 379 g/mol. The van der Waals surface area contributed by atoms with Gasteiger partial charge < -0.3 is 14.6 Å². The Kier molecular flexibility index (Phi) is 5.16. The van der Waals surface area contributed by atoms with E-state index in [1.165, 1.54) is 7.11 Å². The summed E-state index contributed by atoms with van der Waals surface area (Å²) in [5.41, 5.74) is 0.634. The summed E-state index contributed by atoms with van der Waals surface area (Å²) in [6.45, 7) is 0. The number of hydrogen-bond donors (Lipinski definition) is 1. The molecule has 0 aliphatic carbocycles. The Bertz CT molecular complexity index is 614. The van der Waals surface area contributed by atoms with Crippen molar-refractivity contribution in [2.75, 3.05) is 25.7 Å². The minimum atomic E-state index is -2.93. The zero-order valence-corrected chi connectivity index (χ0v) is 14.4. The van der Waals surface area contributed by atoms with E-state index >= 15 is 0 Å². The number of methoxy groups -OCH3 is 2. The number of ether oxygens (including phenoxy) is 2. The lowest BCUT2D eigenvalue weighted by Gasteiger charge is -2.19. The maximum Gasteiger partial charge on any atom is 0.150 e. The topological polar surface area (TPSA) is 72.8 Å². The van der Waals surface area contributed by atoms with E-state index < -0.39 is 15.9 Å². The van der Waals surface area contributed by atoms with Crippen molar-refractivity contribution in [2.45, 2.75) is 18.9 Å². The van der Waals surface area contributed by atoms with Crippen LogP contribution in [0.4, 0.5) is 0 Å². The fourth-order valence-electron chi connectivity index (χ4n) is 2.68. The van der Waals surface area contributed by atoms with Gasteiger partial charge in [-0.25, -0.2) is 8.42 Å². The van der Waals surface area contributed by atoms with Gasteiger partial charge in [0.15, 0.2) is 9.84 Å². The molecule has 1 heterocycles. The fraction of sp³-hybridized carbons (Fsp3) is 0.571. The van der Waals surface area contributed by atoms with E-state index in [1.807, 2.05) is 0 Å². The Morgan fingerprint density at radius 1 is 1.38 bits per heavy atom. The molecule has 1 aromatic carbocycles. The first kappa shape index (κ1) is 16.6. The number of hydrogen-bond acceptors (Lipinski definition) is 5. The van der Waals surface area contributed by atoms with Crippen LogP contribution in [-0.4, -0.2) is 39.2 Å². The third kappa shape index (κ3) is 3.70. The second-order valence-corrected chi connectivity index (χ2v) is 8.25. The molecular weight excluding hydrogens is 360 g/mol. The van der Waals surface area contributed by atoms with Crippen LogP contribution in [0, 0.1) is 5.92 Å². The SMILES string of the molecule is COc1ccc(C(O)CC2CCS(=O)(=O)C2)c(OC)c1Br. The van der Waals surface area contributed by atoms with E-state index in [0.717, 1.165) is 0 Å². The van der Waals surface area contributed by atoms with E-state index in [-0.39, 0.29) is 17.4 Å². The lowest BCUT2D eigenvalue weighted by atomic mass is 9.96. The fourth-order valence-corrected chi connectivity index (χ4v) is 5.25. The molecule has 7 heteroatoms. The zero-order valence-electron chi connectivity index (χ0n) is 12.0. The molecule has 1 fully saturated rings. The molecule has 21 heavy (non-hydrogen) atoms. The molecule has 1 aliphatic rings. The Morgan fingerprint density at radius 2 is 2.10 bits per heavy atom. The van der Waals surface area contributed by atoms with Gasteiger partial charge in [-0.2, -0.15) is 0 Å². The van der Waals surface area contributed by atoms with Crippen LogP contribution < -0.4 is 9.47 Å². The van der Waals surface area contributed by atoms with Crippen molar-refractivity contribution >= 4 is 25.8 Å². The van der Waals surface area contributed by atoms with Gasteiger partial charge in [0.1, 0.15) is 16.0 Å². The van der Waals surface area contributed by atoms with E-state index in [2.05, 4.69) is 15.9 Å². The number of rotatable bonds is 5. The molecule has 0 aromatic heterocycles. The lowest BCUT2D eigenvalue weighted by Crippen LogP contribution is -2.10. The van der Waals surface area contributed by atoms with Crippen LogP contribution in [0.15, 0.2) is 16.6 Å². The van der Waals surface area contributed by atoms with E-state index in [9.17, 15) is 13.5 Å². The average Bonchev–Trinajstić information content (AvgIpc) is 2.77. The monoisotopic (exact) mass is 378 g/mol. The van der Waals surface area contributed by atoms with Crippen molar-refractivity contribution in [1.82, 2.24) is 0 Å². The molecule has 0 saturated carbocycles. The first-order chi connectivity index (χ1) is 9.88. The summed E-state index contributed by atoms with van der Waals surface area (Å²) in [4.78, 5) is 0. The van der Waals surface area contributed by atoms with Crippen molar-refractivity contribution in [3.8, 4) is 11.5 Å². The number of aliphatic hydroxyl groups excluding tert-OH is 1. The van der Waals surface area contributed by atoms with Crippen LogP contribution in [0.3, 0.4) is 0 Å². The lowest BCUT2D eigenvalue weighted by molar-refractivity contribution is 0.145. The molecule has 5 nitrogen and oxygen atoms in total. The molecule has 1 aliphatic heterocycles. The summed E-state index contributed by atoms with van der Waals surface area (Å²) in [6.07, 6.45) is 0.258. The van der Waals surface area contributed by atoms with Crippen molar-refractivity contribution in [3.05, 3.63) is 22.2 Å². The van der Waals surface area contributed by atoms with Crippen molar-refractivity contribution in [1.29, 1.82) is 0 Å². The third-order valence-electron chi connectivity index (χ3n) is 3.76. The van der Waals surface area contributed by atoms with Gasteiger partial charge in [-0.3, -0.25) is 0 Å². The molecule has 1 N–H and O–H groups in total. The number of aliphatic hydroxyl groups is 1. The quantitative estimate of drug-likeness (QED) is 0.850. The van der Waals surface area contributed by atoms with Gasteiger partial charge in [0.2, 0.25) is 0 Å². The molecule has 1 saturated heterocycles. The normalized spacial score (nSPS) is 22.0. The molecular formula is C14H19BrO5S. The van der Waals surface area contributed by atoms with Gasteiger partial charge in [0, 0.05) is 5.56 Å². The number of sulfone groups is 1. The largest absolute Gasteiger partial charge is 0.495 e. The third-order valence-corrected chi connectivity index (χ3v) is 6.35. The van der Waals surface area contributed by atoms with Gasteiger partial charge in [0.25, 0.3) is 0 Å². The van der Waals surface area contributed by atoms with Crippen LogP contribution in [0.1, 0.15) is 24.5 Å². The molecule has 118 valence electrons. The Hall–Kier alpha value is -0.790. The van der Waals surface area contributed by atoms with E-state index in [0.29, 0.717) is 34.4 Å². The molecule has 2 unspecified atom stereocenters. The van der Waals surface area contributed by atoms with Crippen molar-refractivity contribution < 1.29 is 23.0 Å². The van der Waals surface area contributed by atoms with Gasteiger partial charge in [-0.1, -0.05) is 0 Å². The highest BCUT2D eigenvalue weighted by Crippen LogP contribution is 2.41. The maximum absolute atomic E-state index is 11.5. The molecule has 0 spiro atoms. The maximum atomic E-state index is 11.5. The smallest absolute Gasteiger partial charge is 0.150 e. The zero-order chi connectivity index (χ0) is 15.6. The summed E-state index contributed by atoms with van der Waals surface area (Å²) >= 11 is 3.39. The number of benzene rings is 1. The van der Waals surface area contributed by atoms with Crippen molar-refractivity contribution in [3.63, 3.8) is 0 Å². The molecule has 2 atom stereocenters. The summed E-state index contributed by atoms with van der Waals surface area (Å²) in [5.74, 6) is 1.50. The predicted molar refractivity (Wildman–Crippen MR) is 83.6 cm³/mol. The Labute approximate surface area is 133 Å². The standard InChI is InChI=1S/C14H19BrO5S/c1-19-12-4-3-10(14(20-2)13(12)15)11(16)7-9-5-6-21(17,18)8-9/h3-4,9,11,16H,5-8H2,1-2H3. The predicted octanol–water partition coefficient (Wildman–Crippen LogP) is 2.32. The van der Waals surface area contributed by atoms with Crippen LogP contribution >= 0.6 is 15.9 Å². The molecule has 2 rings (SSSR count). The number of halogens is 1. The highest BCUT2D eigenvalue weighted by Gasteiger charge is 2.30. The summed E-state index contributed by atoms with van der Waals surface area (Å²) in [5, 5.41) is 10.4. The summed E-state index contributed by atoms with van der Waals surface area (Å²) in [7, 11) is 0.149. The minimum Gasteiger partial charge on any atom is -0.495 e. The molecule has 0 bridgehead atoms. The Morgan fingerprint density at radius 3 is 2.62 bits per heavy atom. The second kappa shape index (κ2) is 6.54. The second-order valence-electron chi connectivity index (χ2n) is 5.22. The summed E-state index contributed by atoms with van der Waals surface area (Å²) < 4.78 is 34.2. The van der Waals surface area contributed by atoms with Gasteiger partial charge in [0.05, 0.1) is 31.8 Å². The van der Waals surface area contributed by atoms with Crippen LogP contribution in [0.25, 0.3) is 0 Å². The molecule has 1 aromatic rings.